The molecule has 1 saturated heterocycles. The molecule has 6 rings (SSSR count). The van der Waals surface area contributed by atoms with Crippen LogP contribution in [0.4, 0.5) is 5.82 Å². The minimum absolute atomic E-state index is 0.793. The van der Waals surface area contributed by atoms with E-state index in [1.807, 2.05) is 47.5 Å². The van der Waals surface area contributed by atoms with Gasteiger partial charge in [0.25, 0.3) is 0 Å². The Morgan fingerprint density at radius 2 is 2.06 bits per heavy atom. The zero-order chi connectivity index (χ0) is 22.9. The van der Waals surface area contributed by atoms with Gasteiger partial charge in [0.15, 0.2) is 0 Å². The van der Waals surface area contributed by atoms with Crippen molar-refractivity contribution in [2.24, 2.45) is 13.0 Å². The van der Waals surface area contributed by atoms with Crippen molar-refractivity contribution in [3.8, 4) is 11.3 Å². The predicted octanol–water partition coefficient (Wildman–Crippen LogP) is 4.49. The van der Waals surface area contributed by atoms with Crippen LogP contribution in [0.15, 0.2) is 41.9 Å². The van der Waals surface area contributed by atoms with Crippen molar-refractivity contribution in [3.63, 3.8) is 0 Å². The summed E-state index contributed by atoms with van der Waals surface area (Å²) in [7, 11) is 1.94. The van der Waals surface area contributed by atoms with Gasteiger partial charge < -0.3 is 10.1 Å². The number of nitrogens with one attached hydrogen (secondary N) is 1. The Hall–Kier alpha value is -2.81. The fourth-order valence-corrected chi connectivity index (χ4v) is 6.26. The number of nitrogens with zero attached hydrogens (tertiary/aromatic N) is 5. The summed E-state index contributed by atoms with van der Waals surface area (Å²) in [6.45, 7) is 6.12. The lowest BCUT2D eigenvalue weighted by Gasteiger charge is -2.32. The van der Waals surface area contributed by atoms with Crippen molar-refractivity contribution in [2.75, 3.05) is 31.6 Å². The number of rotatable bonds is 6. The Balaban J connectivity index is 1.07. The zero-order valence-corrected chi connectivity index (χ0v) is 20.4. The molecule has 3 aromatic heterocycles. The third-order valence-corrected chi connectivity index (χ3v) is 8.07. The van der Waals surface area contributed by atoms with E-state index in [9.17, 15) is 0 Å². The maximum absolute atomic E-state index is 5.52. The highest BCUT2D eigenvalue weighted by molar-refractivity contribution is 7.10. The van der Waals surface area contributed by atoms with E-state index in [2.05, 4.69) is 43.0 Å². The van der Waals surface area contributed by atoms with Gasteiger partial charge in [0.2, 0.25) is 0 Å². The Kier molecular flexibility index (Phi) is 6.03. The first-order valence-corrected chi connectivity index (χ1v) is 13.0. The van der Waals surface area contributed by atoms with Gasteiger partial charge in [0.05, 0.1) is 11.2 Å². The highest BCUT2D eigenvalue weighted by Crippen LogP contribution is 2.30. The second-order valence-electron chi connectivity index (χ2n) is 9.44. The molecule has 34 heavy (non-hydrogen) atoms. The molecule has 0 unspecified atom stereocenters. The average molecular weight is 475 g/mol. The topological polar surface area (TPSA) is 68.1 Å². The molecule has 1 fully saturated rings. The number of aryl methyl sites for hydroxylation is 1. The number of benzene rings is 1. The molecule has 2 aliphatic heterocycles. The molecule has 0 atom stereocenters. The lowest BCUT2D eigenvalue weighted by molar-refractivity contribution is 0.0508. The molecule has 2 aliphatic rings. The molecule has 0 amide bonds. The van der Waals surface area contributed by atoms with Gasteiger partial charge in [-0.1, -0.05) is 6.07 Å². The largest absolute Gasteiger partial charge is 0.381 e. The Bertz CT molecular complexity index is 1270. The molecule has 176 valence electrons. The second kappa shape index (κ2) is 9.44. The van der Waals surface area contributed by atoms with Gasteiger partial charge in [-0.3, -0.25) is 9.58 Å². The third kappa shape index (κ3) is 4.58. The Labute approximate surface area is 203 Å². The summed E-state index contributed by atoms with van der Waals surface area (Å²) in [6, 6.07) is 10.2. The fraction of sp³-hybridized carbons (Fsp3) is 0.423. The normalized spacial score (nSPS) is 17.2. The van der Waals surface area contributed by atoms with Crippen LogP contribution in [0.25, 0.3) is 22.2 Å². The molecule has 0 radical (unpaired) electrons. The molecule has 0 bridgehead atoms. The molecule has 4 aromatic rings. The second-order valence-corrected chi connectivity index (χ2v) is 10.4. The Morgan fingerprint density at radius 1 is 1.15 bits per heavy atom. The molecule has 0 saturated carbocycles. The third-order valence-electron chi connectivity index (χ3n) is 7.01. The van der Waals surface area contributed by atoms with E-state index in [-0.39, 0.29) is 0 Å². The van der Waals surface area contributed by atoms with E-state index in [1.165, 1.54) is 35.4 Å². The summed E-state index contributed by atoms with van der Waals surface area (Å²) < 4.78 is 7.35. The summed E-state index contributed by atoms with van der Waals surface area (Å²) in [5, 5.41) is 20.2. The summed E-state index contributed by atoms with van der Waals surface area (Å²) in [4.78, 5) is 4.17. The summed E-state index contributed by atoms with van der Waals surface area (Å²) in [5.74, 6) is 1.60. The SMILES string of the molecule is Cn1cc2cc(-c3ccc(NCc4csc5c4CCN(CC4CCOCC4)C5)nn3)ccc2n1. The summed E-state index contributed by atoms with van der Waals surface area (Å²) in [6.07, 6.45) is 5.58. The monoisotopic (exact) mass is 474 g/mol. The molecular weight excluding hydrogens is 444 g/mol. The van der Waals surface area contributed by atoms with Gasteiger partial charge in [0, 0.05) is 68.5 Å². The van der Waals surface area contributed by atoms with Crippen molar-refractivity contribution in [1.82, 2.24) is 24.9 Å². The zero-order valence-electron chi connectivity index (χ0n) is 19.5. The number of thiophene rings is 1. The lowest BCUT2D eigenvalue weighted by Crippen LogP contribution is -2.36. The van der Waals surface area contributed by atoms with Crippen molar-refractivity contribution >= 4 is 28.1 Å². The number of hydrogen-bond donors (Lipinski definition) is 1. The number of anilines is 1. The van der Waals surface area contributed by atoms with Crippen molar-refractivity contribution < 1.29 is 4.74 Å². The summed E-state index contributed by atoms with van der Waals surface area (Å²) >= 11 is 1.91. The smallest absolute Gasteiger partial charge is 0.148 e. The van der Waals surface area contributed by atoms with Gasteiger partial charge in [-0.2, -0.15) is 5.10 Å². The van der Waals surface area contributed by atoms with Crippen LogP contribution in [0.3, 0.4) is 0 Å². The van der Waals surface area contributed by atoms with Crippen LogP contribution in [-0.4, -0.2) is 51.2 Å². The molecule has 8 heteroatoms. The van der Waals surface area contributed by atoms with Gasteiger partial charge in [-0.05, 0) is 66.0 Å². The van der Waals surface area contributed by atoms with E-state index in [0.717, 1.165) is 73.2 Å². The number of fused-ring (bicyclic) bond motifs is 2. The predicted molar refractivity (Wildman–Crippen MR) is 136 cm³/mol. The molecule has 0 spiro atoms. The van der Waals surface area contributed by atoms with Gasteiger partial charge >= 0.3 is 0 Å². The van der Waals surface area contributed by atoms with E-state index >= 15 is 0 Å². The van der Waals surface area contributed by atoms with E-state index < -0.39 is 0 Å². The molecule has 5 heterocycles. The minimum atomic E-state index is 0.793. The standard InChI is InChI=1S/C26H30N6OS/c1-31-15-20-12-19(2-3-24(20)30-31)23-4-5-26(29-28-23)27-13-21-17-34-25-16-32(9-6-22(21)25)14-18-7-10-33-11-8-18/h2-5,12,15,17-18H,6-11,13-14,16H2,1H3,(H,27,29). The van der Waals surface area contributed by atoms with Gasteiger partial charge in [-0.25, -0.2) is 0 Å². The van der Waals surface area contributed by atoms with Crippen LogP contribution in [-0.2, 0) is 31.3 Å². The number of hydrogen-bond acceptors (Lipinski definition) is 7. The molecule has 1 aromatic carbocycles. The van der Waals surface area contributed by atoms with E-state index in [1.54, 1.807) is 0 Å². The molecule has 0 aliphatic carbocycles. The molecule has 1 N–H and O–H groups in total. The average Bonchev–Trinajstić information content (AvgIpc) is 3.45. The number of aromatic nitrogens is 4. The van der Waals surface area contributed by atoms with Gasteiger partial charge in [0.1, 0.15) is 5.82 Å². The first kappa shape index (κ1) is 21.7. The van der Waals surface area contributed by atoms with Crippen molar-refractivity contribution in [1.29, 1.82) is 0 Å². The fourth-order valence-electron chi connectivity index (χ4n) is 5.12. The molecule has 7 nitrogen and oxygen atoms in total. The van der Waals surface area contributed by atoms with Crippen molar-refractivity contribution in [2.45, 2.75) is 32.4 Å². The van der Waals surface area contributed by atoms with Crippen LogP contribution in [0.2, 0.25) is 0 Å². The lowest BCUT2D eigenvalue weighted by atomic mass is 9.97. The van der Waals surface area contributed by atoms with Crippen LogP contribution in [0.5, 0.6) is 0 Å². The highest BCUT2D eigenvalue weighted by atomic mass is 32.1. The number of ether oxygens (including phenoxy) is 1. The van der Waals surface area contributed by atoms with Crippen LogP contribution >= 0.6 is 11.3 Å². The van der Waals surface area contributed by atoms with Crippen LogP contribution in [0, 0.1) is 5.92 Å². The first-order chi connectivity index (χ1) is 16.7. The van der Waals surface area contributed by atoms with Crippen LogP contribution < -0.4 is 5.32 Å². The van der Waals surface area contributed by atoms with Crippen molar-refractivity contribution in [3.05, 3.63) is 57.9 Å². The van der Waals surface area contributed by atoms with E-state index in [0.29, 0.717) is 0 Å². The maximum atomic E-state index is 5.52. The van der Waals surface area contributed by atoms with Gasteiger partial charge in [-0.15, -0.1) is 21.5 Å². The molecular formula is C26H30N6OS. The maximum Gasteiger partial charge on any atom is 0.148 e. The highest BCUT2D eigenvalue weighted by Gasteiger charge is 2.24. The summed E-state index contributed by atoms with van der Waals surface area (Å²) in [5.41, 5.74) is 5.85. The van der Waals surface area contributed by atoms with Crippen LogP contribution in [0.1, 0.15) is 28.8 Å². The first-order valence-electron chi connectivity index (χ1n) is 12.1. The van der Waals surface area contributed by atoms with E-state index in [4.69, 9.17) is 4.74 Å². The quantitative estimate of drug-likeness (QED) is 0.444. The Morgan fingerprint density at radius 3 is 2.91 bits per heavy atom. The minimum Gasteiger partial charge on any atom is -0.381 e.